The molecule has 0 aliphatic rings. The summed E-state index contributed by atoms with van der Waals surface area (Å²) in [4.78, 5) is 11.9. The van der Waals surface area contributed by atoms with E-state index < -0.39 is 23.5 Å². The molecule has 0 radical (unpaired) electrons. The van der Waals surface area contributed by atoms with Gasteiger partial charge >= 0.3 is 0 Å². The van der Waals surface area contributed by atoms with Gasteiger partial charge in [-0.15, -0.1) is 0 Å². The molecule has 0 bridgehead atoms. The fourth-order valence-corrected chi connectivity index (χ4v) is 1.62. The quantitative estimate of drug-likeness (QED) is 0.740. The van der Waals surface area contributed by atoms with Gasteiger partial charge in [0.05, 0.1) is 0 Å². The van der Waals surface area contributed by atoms with Crippen molar-refractivity contribution in [2.45, 2.75) is 6.04 Å². The Kier molecular flexibility index (Phi) is 3.77. The Hall–Kier alpha value is -2.40. The molecule has 2 aromatic carbocycles. The van der Waals surface area contributed by atoms with Gasteiger partial charge in [-0.25, -0.2) is 4.39 Å². The number of halogens is 1. The SMILES string of the molecule is NC(C(=O)Nc1ccc(O)c(F)c1)c1ccccc1. The molecule has 5 heteroatoms. The average Bonchev–Trinajstić information content (AvgIpc) is 2.43. The molecular weight excluding hydrogens is 247 g/mol. The summed E-state index contributed by atoms with van der Waals surface area (Å²) in [5.74, 6) is -1.72. The van der Waals surface area contributed by atoms with Crippen LogP contribution in [0.25, 0.3) is 0 Å². The summed E-state index contributed by atoms with van der Waals surface area (Å²) < 4.78 is 13.1. The Labute approximate surface area is 109 Å². The van der Waals surface area contributed by atoms with E-state index in [0.717, 1.165) is 6.07 Å². The van der Waals surface area contributed by atoms with Crippen molar-refractivity contribution in [1.82, 2.24) is 0 Å². The molecule has 2 aromatic rings. The van der Waals surface area contributed by atoms with Gasteiger partial charge in [0.1, 0.15) is 6.04 Å². The van der Waals surface area contributed by atoms with E-state index in [1.165, 1.54) is 12.1 Å². The summed E-state index contributed by atoms with van der Waals surface area (Å²) in [6, 6.07) is 11.6. The minimum absolute atomic E-state index is 0.242. The molecule has 0 aliphatic heterocycles. The lowest BCUT2D eigenvalue weighted by molar-refractivity contribution is -0.117. The number of aromatic hydroxyl groups is 1. The van der Waals surface area contributed by atoms with Crippen LogP contribution < -0.4 is 11.1 Å². The van der Waals surface area contributed by atoms with E-state index in [2.05, 4.69) is 5.32 Å². The number of carbonyl (C=O) groups is 1. The third kappa shape index (κ3) is 3.08. The van der Waals surface area contributed by atoms with Crippen LogP contribution in [-0.2, 0) is 4.79 Å². The molecule has 0 spiro atoms. The van der Waals surface area contributed by atoms with Crippen LogP contribution in [0.3, 0.4) is 0 Å². The lowest BCUT2D eigenvalue weighted by Crippen LogP contribution is -2.27. The monoisotopic (exact) mass is 260 g/mol. The van der Waals surface area contributed by atoms with Crippen LogP contribution in [0.1, 0.15) is 11.6 Å². The molecule has 4 N–H and O–H groups in total. The summed E-state index contributed by atoms with van der Waals surface area (Å²) in [5, 5.41) is 11.5. The number of phenols is 1. The maximum absolute atomic E-state index is 13.1. The highest BCUT2D eigenvalue weighted by molar-refractivity contribution is 5.95. The number of hydrogen-bond acceptors (Lipinski definition) is 3. The van der Waals surface area contributed by atoms with Crippen molar-refractivity contribution >= 4 is 11.6 Å². The van der Waals surface area contributed by atoms with Gasteiger partial charge in [-0.2, -0.15) is 0 Å². The minimum Gasteiger partial charge on any atom is -0.505 e. The second-order valence-electron chi connectivity index (χ2n) is 4.04. The molecule has 1 amide bonds. The lowest BCUT2D eigenvalue weighted by Gasteiger charge is -2.12. The maximum atomic E-state index is 13.1. The zero-order valence-electron chi connectivity index (χ0n) is 10.0. The molecule has 0 aliphatic carbocycles. The largest absolute Gasteiger partial charge is 0.505 e. The summed E-state index contributed by atoms with van der Waals surface area (Å²) in [6.45, 7) is 0. The van der Waals surface area contributed by atoms with E-state index in [0.29, 0.717) is 5.56 Å². The topological polar surface area (TPSA) is 75.4 Å². The Morgan fingerprint density at radius 1 is 1.21 bits per heavy atom. The number of phenolic OH excluding ortho intramolecular Hbond substituents is 1. The fourth-order valence-electron chi connectivity index (χ4n) is 1.62. The van der Waals surface area contributed by atoms with Crippen molar-refractivity contribution in [3.8, 4) is 5.75 Å². The van der Waals surface area contributed by atoms with Crippen molar-refractivity contribution < 1.29 is 14.3 Å². The third-order valence-electron chi connectivity index (χ3n) is 2.66. The molecule has 1 atom stereocenters. The second kappa shape index (κ2) is 5.49. The van der Waals surface area contributed by atoms with Gasteiger partial charge < -0.3 is 16.2 Å². The third-order valence-corrected chi connectivity index (χ3v) is 2.66. The van der Waals surface area contributed by atoms with E-state index in [9.17, 15) is 9.18 Å². The summed E-state index contributed by atoms with van der Waals surface area (Å²) in [6.07, 6.45) is 0. The molecule has 19 heavy (non-hydrogen) atoms. The molecule has 4 nitrogen and oxygen atoms in total. The van der Waals surface area contributed by atoms with E-state index in [-0.39, 0.29) is 5.69 Å². The first-order valence-electron chi connectivity index (χ1n) is 5.68. The van der Waals surface area contributed by atoms with E-state index >= 15 is 0 Å². The van der Waals surface area contributed by atoms with Gasteiger partial charge in [0.2, 0.25) is 5.91 Å². The van der Waals surface area contributed by atoms with Gasteiger partial charge in [-0.05, 0) is 17.7 Å². The number of carbonyl (C=O) groups excluding carboxylic acids is 1. The first-order chi connectivity index (χ1) is 9.08. The van der Waals surface area contributed by atoms with E-state index in [1.807, 2.05) is 6.07 Å². The van der Waals surface area contributed by atoms with Crippen molar-refractivity contribution in [1.29, 1.82) is 0 Å². The Bertz CT molecular complexity index is 587. The number of rotatable bonds is 3. The smallest absolute Gasteiger partial charge is 0.245 e. The van der Waals surface area contributed by atoms with Crippen molar-refractivity contribution in [2.75, 3.05) is 5.32 Å². The zero-order valence-corrected chi connectivity index (χ0v) is 10.0. The lowest BCUT2D eigenvalue weighted by atomic mass is 10.1. The van der Waals surface area contributed by atoms with Crippen LogP contribution in [0.5, 0.6) is 5.75 Å². The van der Waals surface area contributed by atoms with Crippen molar-refractivity contribution in [3.63, 3.8) is 0 Å². The molecule has 0 heterocycles. The van der Waals surface area contributed by atoms with E-state index in [1.54, 1.807) is 24.3 Å². The van der Waals surface area contributed by atoms with Crippen LogP contribution in [-0.4, -0.2) is 11.0 Å². The van der Waals surface area contributed by atoms with Crippen LogP contribution >= 0.6 is 0 Å². The molecule has 0 aromatic heterocycles. The molecule has 1 unspecified atom stereocenters. The average molecular weight is 260 g/mol. The van der Waals surface area contributed by atoms with Gasteiger partial charge in [-0.1, -0.05) is 30.3 Å². The van der Waals surface area contributed by atoms with Gasteiger partial charge in [-0.3, -0.25) is 4.79 Å². The summed E-state index contributed by atoms with van der Waals surface area (Å²) in [7, 11) is 0. The molecule has 0 saturated heterocycles. The molecule has 2 rings (SSSR count). The second-order valence-corrected chi connectivity index (χ2v) is 4.04. The van der Waals surface area contributed by atoms with Crippen molar-refractivity contribution in [3.05, 3.63) is 59.9 Å². The van der Waals surface area contributed by atoms with Gasteiger partial charge in [0, 0.05) is 11.8 Å². The molecular formula is C14H13FN2O2. The maximum Gasteiger partial charge on any atom is 0.245 e. The molecule has 0 fully saturated rings. The highest BCUT2D eigenvalue weighted by atomic mass is 19.1. The van der Waals surface area contributed by atoms with E-state index in [4.69, 9.17) is 10.8 Å². The minimum atomic E-state index is -0.835. The van der Waals surface area contributed by atoms with Crippen LogP contribution in [0.4, 0.5) is 10.1 Å². The first-order valence-corrected chi connectivity index (χ1v) is 5.68. The highest BCUT2D eigenvalue weighted by Gasteiger charge is 2.15. The summed E-state index contributed by atoms with van der Waals surface area (Å²) >= 11 is 0. The Morgan fingerprint density at radius 3 is 2.53 bits per heavy atom. The Morgan fingerprint density at radius 2 is 1.89 bits per heavy atom. The van der Waals surface area contributed by atoms with Crippen LogP contribution in [0, 0.1) is 5.82 Å². The number of nitrogens with one attached hydrogen (secondary N) is 1. The molecule has 0 saturated carbocycles. The number of amides is 1. The number of nitrogens with two attached hydrogens (primary N) is 1. The fraction of sp³-hybridized carbons (Fsp3) is 0.0714. The van der Waals surface area contributed by atoms with Crippen molar-refractivity contribution in [2.24, 2.45) is 5.73 Å². The van der Waals surface area contributed by atoms with Crippen LogP contribution in [0.15, 0.2) is 48.5 Å². The predicted octanol–water partition coefficient (Wildman–Crippen LogP) is 2.17. The predicted molar refractivity (Wildman–Crippen MR) is 70.1 cm³/mol. The number of benzene rings is 2. The van der Waals surface area contributed by atoms with Gasteiger partial charge in [0.25, 0.3) is 0 Å². The first kappa shape index (κ1) is 13.0. The Balaban J connectivity index is 2.10. The summed E-state index contributed by atoms with van der Waals surface area (Å²) in [5.41, 5.74) is 6.71. The number of anilines is 1. The zero-order chi connectivity index (χ0) is 13.8. The van der Waals surface area contributed by atoms with Crippen LogP contribution in [0.2, 0.25) is 0 Å². The van der Waals surface area contributed by atoms with Gasteiger partial charge in [0.15, 0.2) is 11.6 Å². The number of hydrogen-bond donors (Lipinski definition) is 3. The highest BCUT2D eigenvalue weighted by Crippen LogP contribution is 2.20. The normalized spacial score (nSPS) is 11.9. The molecule has 98 valence electrons. The standard InChI is InChI=1S/C14H13FN2O2/c15-11-8-10(6-7-12(11)18)17-14(19)13(16)9-4-2-1-3-5-9/h1-8,13,18H,16H2,(H,17,19).